The molecule has 2 rings (SSSR count). The molecule has 0 spiro atoms. The number of hydrogen-bond donors (Lipinski definition) is 1. The van der Waals surface area contributed by atoms with Crippen LogP contribution in [0.25, 0.3) is 0 Å². The zero-order valence-corrected chi connectivity index (χ0v) is 11.2. The van der Waals surface area contributed by atoms with Gasteiger partial charge in [0.2, 0.25) is 10.0 Å². The van der Waals surface area contributed by atoms with Crippen LogP contribution >= 0.6 is 0 Å². The minimum absolute atomic E-state index is 0.0207. The Morgan fingerprint density at radius 3 is 2.74 bits per heavy atom. The van der Waals surface area contributed by atoms with E-state index in [9.17, 15) is 12.8 Å². The third-order valence-electron chi connectivity index (χ3n) is 2.57. The minimum atomic E-state index is -3.34. The topological polar surface area (TPSA) is 64.0 Å². The number of hydrogen-bond acceptors (Lipinski definition) is 3. The van der Waals surface area contributed by atoms with Crippen LogP contribution in [0.3, 0.4) is 0 Å². The van der Waals surface area contributed by atoms with Crippen LogP contribution in [0.1, 0.15) is 12.5 Å². The van der Waals surface area contributed by atoms with E-state index in [-0.39, 0.29) is 23.9 Å². The number of halogens is 1. The molecule has 1 aromatic heterocycles. The highest BCUT2D eigenvalue weighted by Crippen LogP contribution is 2.10. The van der Waals surface area contributed by atoms with Crippen LogP contribution in [0, 0.1) is 5.82 Å². The van der Waals surface area contributed by atoms with E-state index >= 15 is 0 Å². The summed E-state index contributed by atoms with van der Waals surface area (Å²) in [4.78, 5) is 0. The SMILES string of the molecule is CCS(=O)(=O)Nc1ccn(Cc2ccccc2F)n1. The molecule has 102 valence electrons. The van der Waals surface area contributed by atoms with Crippen LogP contribution in [0.15, 0.2) is 36.5 Å². The van der Waals surface area contributed by atoms with Crippen LogP contribution in [0.4, 0.5) is 10.2 Å². The fourth-order valence-corrected chi connectivity index (χ4v) is 2.11. The van der Waals surface area contributed by atoms with E-state index in [0.29, 0.717) is 5.56 Å². The minimum Gasteiger partial charge on any atom is -0.266 e. The Balaban J connectivity index is 2.12. The first-order chi connectivity index (χ1) is 9.00. The molecule has 0 unspecified atom stereocenters. The molecule has 0 atom stereocenters. The van der Waals surface area contributed by atoms with Crippen molar-refractivity contribution >= 4 is 15.8 Å². The Kier molecular flexibility index (Phi) is 3.84. The summed E-state index contributed by atoms with van der Waals surface area (Å²) in [5.41, 5.74) is 0.496. The molecule has 7 heteroatoms. The maximum absolute atomic E-state index is 13.5. The molecule has 0 radical (unpaired) electrons. The van der Waals surface area contributed by atoms with Crippen molar-refractivity contribution in [1.82, 2.24) is 9.78 Å². The summed E-state index contributed by atoms with van der Waals surface area (Å²) >= 11 is 0. The largest absolute Gasteiger partial charge is 0.266 e. The zero-order valence-electron chi connectivity index (χ0n) is 10.4. The van der Waals surface area contributed by atoms with Gasteiger partial charge in [-0.25, -0.2) is 12.8 Å². The molecule has 19 heavy (non-hydrogen) atoms. The summed E-state index contributed by atoms with van der Waals surface area (Å²) in [7, 11) is -3.34. The molecule has 1 aromatic carbocycles. The number of anilines is 1. The number of benzene rings is 1. The van der Waals surface area contributed by atoms with Gasteiger partial charge in [-0.1, -0.05) is 18.2 Å². The lowest BCUT2D eigenvalue weighted by Crippen LogP contribution is -2.15. The first kappa shape index (κ1) is 13.5. The molecule has 0 aliphatic rings. The number of nitrogens with one attached hydrogen (secondary N) is 1. The molecule has 0 bridgehead atoms. The zero-order chi connectivity index (χ0) is 13.9. The van der Waals surface area contributed by atoms with Crippen molar-refractivity contribution in [3.63, 3.8) is 0 Å². The smallest absolute Gasteiger partial charge is 0.233 e. The summed E-state index contributed by atoms with van der Waals surface area (Å²) in [6.45, 7) is 1.79. The first-order valence-corrected chi connectivity index (χ1v) is 7.43. The van der Waals surface area contributed by atoms with Crippen LogP contribution in [0.5, 0.6) is 0 Å². The summed E-state index contributed by atoms with van der Waals surface area (Å²) < 4.78 is 40.0. The van der Waals surface area contributed by atoms with Crippen molar-refractivity contribution in [3.05, 3.63) is 47.9 Å². The van der Waals surface area contributed by atoms with Gasteiger partial charge in [-0.2, -0.15) is 5.10 Å². The van der Waals surface area contributed by atoms with E-state index in [2.05, 4.69) is 9.82 Å². The highest BCUT2D eigenvalue weighted by molar-refractivity contribution is 7.92. The quantitative estimate of drug-likeness (QED) is 0.910. The van der Waals surface area contributed by atoms with Crippen molar-refractivity contribution in [2.45, 2.75) is 13.5 Å². The predicted molar refractivity (Wildman–Crippen MR) is 70.8 cm³/mol. The Bertz CT molecular complexity index is 667. The fourth-order valence-electron chi connectivity index (χ4n) is 1.54. The Hall–Kier alpha value is -1.89. The molecule has 0 aliphatic heterocycles. The lowest BCUT2D eigenvalue weighted by Gasteiger charge is -2.04. The molecule has 1 heterocycles. The second-order valence-electron chi connectivity index (χ2n) is 4.00. The molecule has 0 amide bonds. The average Bonchev–Trinajstić information content (AvgIpc) is 2.79. The van der Waals surface area contributed by atoms with Crippen molar-refractivity contribution in [2.75, 3.05) is 10.5 Å². The predicted octanol–water partition coefficient (Wildman–Crippen LogP) is 1.83. The van der Waals surface area contributed by atoms with Crippen molar-refractivity contribution < 1.29 is 12.8 Å². The molecule has 2 aromatic rings. The van der Waals surface area contributed by atoms with Gasteiger partial charge in [-0.3, -0.25) is 9.40 Å². The van der Waals surface area contributed by atoms with Crippen molar-refractivity contribution in [2.24, 2.45) is 0 Å². The normalized spacial score (nSPS) is 11.5. The van der Waals surface area contributed by atoms with Crippen LogP contribution < -0.4 is 4.72 Å². The summed E-state index contributed by atoms with van der Waals surface area (Å²) in [6, 6.07) is 7.92. The van der Waals surface area contributed by atoms with Gasteiger partial charge < -0.3 is 0 Å². The molecular formula is C12H14FN3O2S. The summed E-state index contributed by atoms with van der Waals surface area (Å²) in [5, 5.41) is 4.04. The van der Waals surface area contributed by atoms with E-state index in [1.165, 1.54) is 16.8 Å². The third kappa shape index (κ3) is 3.54. The molecule has 0 aliphatic carbocycles. The first-order valence-electron chi connectivity index (χ1n) is 5.77. The van der Waals surface area contributed by atoms with Gasteiger partial charge in [0.15, 0.2) is 5.82 Å². The standard InChI is InChI=1S/C12H14FN3O2S/c1-2-19(17,18)15-12-7-8-16(14-12)9-10-5-3-4-6-11(10)13/h3-8H,2,9H2,1H3,(H,14,15). The number of sulfonamides is 1. The van der Waals surface area contributed by atoms with E-state index in [1.54, 1.807) is 31.3 Å². The summed E-state index contributed by atoms with van der Waals surface area (Å²) in [5.74, 6) is -0.0976. The van der Waals surface area contributed by atoms with E-state index in [4.69, 9.17) is 0 Å². The molecule has 0 fully saturated rings. The lowest BCUT2D eigenvalue weighted by molar-refractivity contribution is 0.585. The number of nitrogens with zero attached hydrogens (tertiary/aromatic N) is 2. The molecule has 1 N–H and O–H groups in total. The van der Waals surface area contributed by atoms with Crippen LogP contribution in [-0.4, -0.2) is 24.0 Å². The Morgan fingerprint density at radius 1 is 1.32 bits per heavy atom. The molecule has 0 saturated heterocycles. The molecule has 5 nitrogen and oxygen atoms in total. The maximum atomic E-state index is 13.5. The average molecular weight is 283 g/mol. The van der Waals surface area contributed by atoms with Gasteiger partial charge in [0, 0.05) is 17.8 Å². The monoisotopic (exact) mass is 283 g/mol. The van der Waals surface area contributed by atoms with Crippen LogP contribution in [-0.2, 0) is 16.6 Å². The molecule has 0 saturated carbocycles. The van der Waals surface area contributed by atoms with Crippen molar-refractivity contribution in [1.29, 1.82) is 0 Å². The number of aromatic nitrogens is 2. The number of rotatable bonds is 5. The lowest BCUT2D eigenvalue weighted by atomic mass is 10.2. The second kappa shape index (κ2) is 5.40. The van der Waals surface area contributed by atoms with Gasteiger partial charge in [-0.15, -0.1) is 0 Å². The van der Waals surface area contributed by atoms with Crippen molar-refractivity contribution in [3.8, 4) is 0 Å². The van der Waals surface area contributed by atoms with Gasteiger partial charge >= 0.3 is 0 Å². The van der Waals surface area contributed by atoms with E-state index in [1.807, 2.05) is 0 Å². The van der Waals surface area contributed by atoms with E-state index in [0.717, 1.165) is 0 Å². The molecular weight excluding hydrogens is 269 g/mol. The second-order valence-corrected chi connectivity index (χ2v) is 6.01. The van der Waals surface area contributed by atoms with Gasteiger partial charge in [-0.05, 0) is 13.0 Å². The highest BCUT2D eigenvalue weighted by atomic mass is 32.2. The van der Waals surface area contributed by atoms with Gasteiger partial charge in [0.05, 0.1) is 12.3 Å². The third-order valence-corrected chi connectivity index (χ3v) is 3.85. The Labute approximate surface area is 111 Å². The van der Waals surface area contributed by atoms with Crippen LogP contribution in [0.2, 0.25) is 0 Å². The maximum Gasteiger partial charge on any atom is 0.233 e. The fraction of sp³-hybridized carbons (Fsp3) is 0.250. The summed E-state index contributed by atoms with van der Waals surface area (Å²) in [6.07, 6.45) is 1.60. The van der Waals surface area contributed by atoms with E-state index < -0.39 is 10.0 Å². The van der Waals surface area contributed by atoms with Gasteiger partial charge in [0.1, 0.15) is 5.82 Å². The Morgan fingerprint density at radius 2 is 2.05 bits per heavy atom. The van der Waals surface area contributed by atoms with Gasteiger partial charge in [0.25, 0.3) is 0 Å². The highest BCUT2D eigenvalue weighted by Gasteiger charge is 2.09.